The summed E-state index contributed by atoms with van der Waals surface area (Å²) in [6.45, 7) is 4.27. The lowest BCUT2D eigenvalue weighted by molar-refractivity contribution is 0.223. The van der Waals surface area contributed by atoms with Gasteiger partial charge < -0.3 is 10.1 Å². The Labute approximate surface area is 113 Å². The molecule has 0 aromatic heterocycles. The molecule has 0 spiro atoms. The molecule has 0 aliphatic heterocycles. The molecular weight excluding hydrogens is 241 g/mol. The van der Waals surface area contributed by atoms with Crippen LogP contribution in [-0.4, -0.2) is 12.6 Å². The van der Waals surface area contributed by atoms with E-state index < -0.39 is 0 Å². The lowest BCUT2D eigenvalue weighted by Crippen LogP contribution is -2.23. The maximum Gasteiger partial charge on any atom is 0.167 e. The Morgan fingerprint density at radius 3 is 2.58 bits per heavy atom. The number of ether oxygens (including phenoxy) is 1. The van der Waals surface area contributed by atoms with Gasteiger partial charge in [0.05, 0.1) is 6.54 Å². The van der Waals surface area contributed by atoms with E-state index in [1.807, 2.05) is 37.3 Å². The number of hydrogen-bond donors (Lipinski definition) is 1. The molecule has 2 nitrogen and oxygen atoms in total. The van der Waals surface area contributed by atoms with Crippen LogP contribution in [0, 0.1) is 12.7 Å². The van der Waals surface area contributed by atoms with E-state index in [2.05, 4.69) is 5.32 Å². The second kappa shape index (κ2) is 6.23. The molecule has 1 unspecified atom stereocenters. The first kappa shape index (κ1) is 13.4. The first-order valence-corrected chi connectivity index (χ1v) is 6.37. The number of para-hydroxylation sites is 1. The van der Waals surface area contributed by atoms with Gasteiger partial charge in [-0.3, -0.25) is 0 Å². The third-order valence-corrected chi connectivity index (χ3v) is 2.85. The summed E-state index contributed by atoms with van der Waals surface area (Å²) in [4.78, 5) is 0. The summed E-state index contributed by atoms with van der Waals surface area (Å²) in [5, 5.41) is 3.25. The second-order valence-electron chi connectivity index (χ2n) is 4.56. The smallest absolute Gasteiger partial charge is 0.167 e. The van der Waals surface area contributed by atoms with Gasteiger partial charge in [-0.25, -0.2) is 4.39 Å². The van der Waals surface area contributed by atoms with E-state index in [9.17, 15) is 4.39 Å². The Morgan fingerprint density at radius 2 is 1.84 bits per heavy atom. The minimum absolute atomic E-state index is 0.114. The standard InChI is InChI=1S/C16H18FNO/c1-12-7-6-10-15(16(12)17)19-13(2)11-18-14-8-4-3-5-9-14/h3-10,13,18H,11H2,1-2H3. The fourth-order valence-corrected chi connectivity index (χ4v) is 1.79. The van der Waals surface area contributed by atoms with Crippen LogP contribution in [0.25, 0.3) is 0 Å². The molecule has 100 valence electrons. The zero-order valence-corrected chi connectivity index (χ0v) is 11.2. The SMILES string of the molecule is Cc1cccc(OC(C)CNc2ccccc2)c1F. The van der Waals surface area contributed by atoms with E-state index in [4.69, 9.17) is 4.74 Å². The normalized spacial score (nSPS) is 11.9. The monoisotopic (exact) mass is 259 g/mol. The first-order chi connectivity index (χ1) is 9.16. The molecule has 0 saturated carbocycles. The average Bonchev–Trinajstić information content (AvgIpc) is 2.43. The Bertz CT molecular complexity index is 528. The fraction of sp³-hybridized carbons (Fsp3) is 0.250. The summed E-state index contributed by atoms with van der Waals surface area (Å²) in [5.41, 5.74) is 1.63. The number of benzene rings is 2. The highest BCUT2D eigenvalue weighted by Crippen LogP contribution is 2.20. The third kappa shape index (κ3) is 3.71. The number of rotatable bonds is 5. The minimum atomic E-state index is -0.283. The van der Waals surface area contributed by atoms with Gasteiger partial charge in [0.2, 0.25) is 0 Å². The summed E-state index contributed by atoms with van der Waals surface area (Å²) in [6.07, 6.45) is -0.114. The van der Waals surface area contributed by atoms with Crippen molar-refractivity contribution in [1.82, 2.24) is 0 Å². The van der Waals surface area contributed by atoms with Gasteiger partial charge in [-0.2, -0.15) is 0 Å². The van der Waals surface area contributed by atoms with Gasteiger partial charge in [-0.1, -0.05) is 30.3 Å². The van der Waals surface area contributed by atoms with E-state index in [0.29, 0.717) is 17.9 Å². The zero-order chi connectivity index (χ0) is 13.7. The van der Waals surface area contributed by atoms with Crippen molar-refractivity contribution in [2.75, 3.05) is 11.9 Å². The van der Waals surface area contributed by atoms with Crippen LogP contribution in [0.3, 0.4) is 0 Å². The van der Waals surface area contributed by atoms with Gasteiger partial charge in [-0.05, 0) is 37.6 Å². The van der Waals surface area contributed by atoms with Crippen LogP contribution in [-0.2, 0) is 0 Å². The maximum atomic E-state index is 13.8. The third-order valence-electron chi connectivity index (χ3n) is 2.85. The molecule has 1 N–H and O–H groups in total. The summed E-state index contributed by atoms with van der Waals surface area (Å²) < 4.78 is 19.4. The van der Waals surface area contributed by atoms with Crippen LogP contribution in [0.15, 0.2) is 48.5 Å². The Hall–Kier alpha value is -2.03. The molecule has 0 saturated heterocycles. The van der Waals surface area contributed by atoms with Crippen molar-refractivity contribution in [2.24, 2.45) is 0 Å². The lowest BCUT2D eigenvalue weighted by atomic mass is 10.2. The molecule has 2 aromatic rings. The molecule has 0 bridgehead atoms. The summed E-state index contributed by atoms with van der Waals surface area (Å²) in [7, 11) is 0. The lowest BCUT2D eigenvalue weighted by Gasteiger charge is -2.17. The van der Waals surface area contributed by atoms with Crippen molar-refractivity contribution in [3.63, 3.8) is 0 Å². The topological polar surface area (TPSA) is 21.3 Å². The van der Waals surface area contributed by atoms with E-state index in [1.54, 1.807) is 25.1 Å². The Balaban J connectivity index is 1.91. The number of hydrogen-bond acceptors (Lipinski definition) is 2. The molecule has 2 rings (SSSR count). The van der Waals surface area contributed by atoms with Gasteiger partial charge in [0, 0.05) is 5.69 Å². The van der Waals surface area contributed by atoms with Gasteiger partial charge in [0.1, 0.15) is 6.10 Å². The molecule has 0 amide bonds. The van der Waals surface area contributed by atoms with Crippen LogP contribution < -0.4 is 10.1 Å². The Kier molecular flexibility index (Phi) is 4.39. The summed E-state index contributed by atoms with van der Waals surface area (Å²) >= 11 is 0. The quantitative estimate of drug-likeness (QED) is 0.875. The molecule has 3 heteroatoms. The Morgan fingerprint density at radius 1 is 1.11 bits per heavy atom. The van der Waals surface area contributed by atoms with Crippen molar-refractivity contribution in [3.8, 4) is 5.75 Å². The van der Waals surface area contributed by atoms with E-state index in [-0.39, 0.29) is 11.9 Å². The second-order valence-corrected chi connectivity index (χ2v) is 4.56. The van der Waals surface area contributed by atoms with Crippen LogP contribution in [0.2, 0.25) is 0 Å². The average molecular weight is 259 g/mol. The van der Waals surface area contributed by atoms with Gasteiger partial charge in [0.25, 0.3) is 0 Å². The first-order valence-electron chi connectivity index (χ1n) is 6.37. The number of aryl methyl sites for hydroxylation is 1. The molecule has 19 heavy (non-hydrogen) atoms. The molecule has 1 atom stereocenters. The largest absolute Gasteiger partial charge is 0.486 e. The highest BCUT2D eigenvalue weighted by molar-refractivity contribution is 5.42. The van der Waals surface area contributed by atoms with Crippen LogP contribution in [0.1, 0.15) is 12.5 Å². The zero-order valence-electron chi connectivity index (χ0n) is 11.2. The molecular formula is C16H18FNO. The maximum absolute atomic E-state index is 13.8. The molecule has 0 heterocycles. The predicted octanol–water partition coefficient (Wildman–Crippen LogP) is 4.01. The van der Waals surface area contributed by atoms with Crippen molar-refractivity contribution < 1.29 is 9.13 Å². The fourth-order valence-electron chi connectivity index (χ4n) is 1.79. The van der Waals surface area contributed by atoms with Crippen molar-refractivity contribution in [2.45, 2.75) is 20.0 Å². The highest BCUT2D eigenvalue weighted by Gasteiger charge is 2.09. The van der Waals surface area contributed by atoms with Gasteiger partial charge in [0.15, 0.2) is 11.6 Å². The van der Waals surface area contributed by atoms with E-state index >= 15 is 0 Å². The number of nitrogens with one attached hydrogen (secondary N) is 1. The molecule has 2 aromatic carbocycles. The highest BCUT2D eigenvalue weighted by atomic mass is 19.1. The van der Waals surface area contributed by atoms with Crippen LogP contribution in [0.5, 0.6) is 5.75 Å². The van der Waals surface area contributed by atoms with Crippen molar-refractivity contribution in [1.29, 1.82) is 0 Å². The van der Waals surface area contributed by atoms with Crippen LogP contribution in [0.4, 0.5) is 10.1 Å². The van der Waals surface area contributed by atoms with Gasteiger partial charge in [-0.15, -0.1) is 0 Å². The molecule has 0 aliphatic rings. The van der Waals surface area contributed by atoms with Crippen molar-refractivity contribution in [3.05, 3.63) is 59.9 Å². The molecule has 0 radical (unpaired) electrons. The summed E-state index contributed by atoms with van der Waals surface area (Å²) in [6, 6.07) is 15.1. The van der Waals surface area contributed by atoms with Crippen LogP contribution >= 0.6 is 0 Å². The van der Waals surface area contributed by atoms with E-state index in [0.717, 1.165) is 5.69 Å². The van der Waals surface area contributed by atoms with Crippen molar-refractivity contribution >= 4 is 5.69 Å². The molecule has 0 aliphatic carbocycles. The van der Waals surface area contributed by atoms with Gasteiger partial charge >= 0.3 is 0 Å². The molecule has 0 fully saturated rings. The predicted molar refractivity (Wildman–Crippen MR) is 76.2 cm³/mol. The minimum Gasteiger partial charge on any atom is -0.486 e. The van der Waals surface area contributed by atoms with E-state index in [1.165, 1.54) is 0 Å². The number of anilines is 1. The number of halogens is 1. The summed E-state index contributed by atoms with van der Waals surface area (Å²) in [5.74, 6) is 0.0245.